The summed E-state index contributed by atoms with van der Waals surface area (Å²) in [4.78, 5) is -0.392. The smallest absolute Gasteiger partial charge is 0.341 e. The third-order valence-corrected chi connectivity index (χ3v) is 5.28. The molecule has 8 heteroatoms. The van der Waals surface area contributed by atoms with Crippen LogP contribution < -0.4 is 5.32 Å². The molecule has 1 heterocycles. The summed E-state index contributed by atoms with van der Waals surface area (Å²) < 4.78 is 49.6. The number of anilines is 1. The maximum Gasteiger partial charge on any atom is 0.341 e. The summed E-state index contributed by atoms with van der Waals surface area (Å²) in [6.45, 7) is 0.509. The molecule has 1 N–H and O–H groups in total. The Morgan fingerprint density at radius 1 is 1.12 bits per heavy atom. The first-order valence-electron chi connectivity index (χ1n) is 7.80. The van der Waals surface area contributed by atoms with Crippen LogP contribution in [-0.4, -0.2) is 24.0 Å². The second-order valence-corrected chi connectivity index (χ2v) is 7.70. The van der Waals surface area contributed by atoms with Crippen LogP contribution in [-0.2, 0) is 23.4 Å². The lowest BCUT2D eigenvalue weighted by molar-refractivity contribution is 0.234. The van der Waals surface area contributed by atoms with Crippen LogP contribution in [0.25, 0.3) is 11.1 Å². The quantitative estimate of drug-likeness (QED) is 0.712. The minimum absolute atomic E-state index is 0.392. The molecule has 0 amide bonds. The fourth-order valence-corrected chi connectivity index (χ4v) is 3.22. The largest absolute Gasteiger partial charge is 0.381 e. The van der Waals surface area contributed by atoms with Gasteiger partial charge in [-0.3, -0.25) is 4.68 Å². The molecule has 0 unspecified atom stereocenters. The average molecular weight is 377 g/mol. The van der Waals surface area contributed by atoms with Crippen LogP contribution in [0.4, 0.5) is 14.5 Å². The molecular formula is C18H17F2N3O2S. The third kappa shape index (κ3) is 3.91. The Morgan fingerprint density at radius 2 is 1.85 bits per heavy atom. The van der Waals surface area contributed by atoms with E-state index >= 15 is 0 Å². The number of hydrogen-bond donors (Lipinski definition) is 1. The number of nitrogens with one attached hydrogen (secondary N) is 1. The molecule has 0 aliphatic carbocycles. The highest BCUT2D eigenvalue weighted by molar-refractivity contribution is 7.91. The van der Waals surface area contributed by atoms with E-state index in [1.165, 1.54) is 24.3 Å². The van der Waals surface area contributed by atoms with Gasteiger partial charge in [-0.05, 0) is 41.5 Å². The highest BCUT2D eigenvalue weighted by Crippen LogP contribution is 2.22. The Kier molecular flexibility index (Phi) is 5.03. The van der Waals surface area contributed by atoms with Gasteiger partial charge in [0.1, 0.15) is 0 Å². The summed E-state index contributed by atoms with van der Waals surface area (Å²) in [6, 6.07) is 13.2. The van der Waals surface area contributed by atoms with Crippen LogP contribution >= 0.6 is 0 Å². The first kappa shape index (κ1) is 18.1. The number of rotatable bonds is 6. The molecule has 0 bridgehead atoms. The maximum absolute atomic E-state index is 12.5. The Morgan fingerprint density at radius 3 is 2.46 bits per heavy atom. The second-order valence-electron chi connectivity index (χ2n) is 5.79. The standard InChI is InChI=1S/C18H17F2N3O2S/c1-23-12-15(11-22-23)14-4-2-3-13(9-14)10-21-16-5-7-17(8-6-16)26(24,25)18(19)20/h2-9,11-12,18,21H,10H2,1H3. The Balaban J connectivity index is 1.70. The molecule has 0 aliphatic heterocycles. The molecule has 0 fully saturated rings. The molecule has 3 aromatic rings. The van der Waals surface area contributed by atoms with Crippen molar-refractivity contribution in [3.05, 3.63) is 66.5 Å². The van der Waals surface area contributed by atoms with Crippen LogP contribution in [0.5, 0.6) is 0 Å². The van der Waals surface area contributed by atoms with Crippen molar-refractivity contribution in [3.8, 4) is 11.1 Å². The first-order valence-corrected chi connectivity index (χ1v) is 9.35. The van der Waals surface area contributed by atoms with Gasteiger partial charge in [-0.1, -0.05) is 18.2 Å². The van der Waals surface area contributed by atoms with E-state index in [0.717, 1.165) is 16.7 Å². The topological polar surface area (TPSA) is 64.0 Å². The molecule has 0 saturated heterocycles. The number of hydrogen-bond acceptors (Lipinski definition) is 4. The predicted molar refractivity (Wildman–Crippen MR) is 95.6 cm³/mol. The highest BCUT2D eigenvalue weighted by atomic mass is 32.2. The lowest BCUT2D eigenvalue weighted by Crippen LogP contribution is -2.11. The second kappa shape index (κ2) is 7.25. The molecule has 3 rings (SSSR count). The van der Waals surface area contributed by atoms with Gasteiger partial charge in [0, 0.05) is 31.0 Å². The summed E-state index contributed by atoms with van der Waals surface area (Å²) in [6.07, 6.45) is 3.71. The number of nitrogens with zero attached hydrogens (tertiary/aromatic N) is 2. The Labute approximate surface area is 150 Å². The summed E-state index contributed by atoms with van der Waals surface area (Å²) >= 11 is 0. The van der Waals surface area contributed by atoms with Gasteiger partial charge in [0.25, 0.3) is 0 Å². The van der Waals surface area contributed by atoms with E-state index in [1.807, 2.05) is 37.5 Å². The highest BCUT2D eigenvalue weighted by Gasteiger charge is 2.26. The van der Waals surface area contributed by atoms with E-state index < -0.39 is 20.5 Å². The SMILES string of the molecule is Cn1cc(-c2cccc(CNc3ccc(S(=O)(=O)C(F)F)cc3)c2)cn1. The van der Waals surface area contributed by atoms with Gasteiger partial charge in [0.2, 0.25) is 9.84 Å². The monoisotopic (exact) mass is 377 g/mol. The van der Waals surface area contributed by atoms with E-state index in [9.17, 15) is 17.2 Å². The van der Waals surface area contributed by atoms with Gasteiger partial charge in [-0.15, -0.1) is 0 Å². The molecule has 2 aromatic carbocycles. The first-order chi connectivity index (χ1) is 12.4. The van der Waals surface area contributed by atoms with E-state index in [2.05, 4.69) is 10.4 Å². The Bertz CT molecular complexity index is 999. The number of halogens is 2. The van der Waals surface area contributed by atoms with Crippen LogP contribution in [0.15, 0.2) is 65.8 Å². The van der Waals surface area contributed by atoms with Crippen LogP contribution in [0, 0.1) is 0 Å². The summed E-state index contributed by atoms with van der Waals surface area (Å²) in [7, 11) is -2.71. The van der Waals surface area contributed by atoms with Gasteiger partial charge in [0.15, 0.2) is 0 Å². The molecule has 0 radical (unpaired) electrons. The van der Waals surface area contributed by atoms with Gasteiger partial charge in [0.05, 0.1) is 11.1 Å². The number of alkyl halides is 2. The number of aromatic nitrogens is 2. The average Bonchev–Trinajstić information content (AvgIpc) is 3.07. The summed E-state index contributed by atoms with van der Waals surface area (Å²) in [5.41, 5.74) is 3.72. The summed E-state index contributed by atoms with van der Waals surface area (Å²) in [5.74, 6) is -3.42. The molecule has 0 atom stereocenters. The van der Waals surface area contributed by atoms with Gasteiger partial charge in [-0.25, -0.2) is 8.42 Å². The third-order valence-electron chi connectivity index (χ3n) is 3.88. The van der Waals surface area contributed by atoms with E-state index in [0.29, 0.717) is 12.2 Å². The Hall–Kier alpha value is -2.74. The normalized spacial score (nSPS) is 11.7. The zero-order valence-corrected chi connectivity index (χ0v) is 14.7. The fraction of sp³-hybridized carbons (Fsp3) is 0.167. The van der Waals surface area contributed by atoms with Crippen molar-refractivity contribution in [1.29, 1.82) is 0 Å². The maximum atomic E-state index is 12.5. The van der Waals surface area contributed by atoms with Gasteiger partial charge in [-0.2, -0.15) is 13.9 Å². The molecule has 1 aromatic heterocycles. The van der Waals surface area contributed by atoms with Crippen molar-refractivity contribution in [3.63, 3.8) is 0 Å². The van der Waals surface area contributed by atoms with Gasteiger partial charge < -0.3 is 5.32 Å². The van der Waals surface area contributed by atoms with Crippen LogP contribution in [0.1, 0.15) is 5.56 Å². The van der Waals surface area contributed by atoms with Crippen molar-refractivity contribution < 1.29 is 17.2 Å². The van der Waals surface area contributed by atoms with Gasteiger partial charge >= 0.3 is 5.76 Å². The van der Waals surface area contributed by atoms with Crippen molar-refractivity contribution in [1.82, 2.24) is 9.78 Å². The molecule has 26 heavy (non-hydrogen) atoms. The van der Waals surface area contributed by atoms with Crippen LogP contribution in [0.2, 0.25) is 0 Å². The molecular weight excluding hydrogens is 360 g/mol. The van der Waals surface area contributed by atoms with E-state index in [4.69, 9.17) is 0 Å². The predicted octanol–water partition coefficient (Wildman–Crippen LogP) is 3.70. The molecule has 0 saturated carbocycles. The number of benzene rings is 2. The van der Waals surface area contributed by atoms with Crippen molar-refractivity contribution in [2.45, 2.75) is 17.2 Å². The van der Waals surface area contributed by atoms with Crippen molar-refractivity contribution in [2.75, 3.05) is 5.32 Å². The van der Waals surface area contributed by atoms with E-state index in [-0.39, 0.29) is 0 Å². The summed E-state index contributed by atoms with van der Waals surface area (Å²) in [5, 5.41) is 7.30. The lowest BCUT2D eigenvalue weighted by Gasteiger charge is -2.09. The van der Waals surface area contributed by atoms with E-state index in [1.54, 1.807) is 10.9 Å². The van der Waals surface area contributed by atoms with Crippen molar-refractivity contribution in [2.24, 2.45) is 7.05 Å². The zero-order chi connectivity index (χ0) is 18.7. The molecule has 0 aliphatic rings. The van der Waals surface area contributed by atoms with Crippen molar-refractivity contribution >= 4 is 15.5 Å². The molecule has 0 spiro atoms. The zero-order valence-electron chi connectivity index (χ0n) is 13.9. The minimum atomic E-state index is -4.56. The van der Waals surface area contributed by atoms with Crippen LogP contribution in [0.3, 0.4) is 0 Å². The lowest BCUT2D eigenvalue weighted by atomic mass is 10.1. The number of aryl methyl sites for hydroxylation is 1. The molecule has 136 valence electrons. The fourth-order valence-electron chi connectivity index (χ4n) is 2.50. The minimum Gasteiger partial charge on any atom is -0.381 e. The molecule has 5 nitrogen and oxygen atoms in total. The number of sulfone groups is 1.